The van der Waals surface area contributed by atoms with E-state index in [0.29, 0.717) is 11.7 Å². The number of allylic oxidation sites excluding steroid dienone is 3. The molecule has 1 aromatic heterocycles. The van der Waals surface area contributed by atoms with Crippen LogP contribution < -0.4 is 0 Å². The van der Waals surface area contributed by atoms with E-state index in [4.69, 9.17) is 0 Å². The van der Waals surface area contributed by atoms with E-state index in [1.165, 1.54) is 0 Å². The first-order valence-electron chi connectivity index (χ1n) is 6.40. The third-order valence-electron chi connectivity index (χ3n) is 4.26. The Bertz CT molecular complexity index is 759. The largest absolute Gasteiger partial charge is 0.508 e. The minimum Gasteiger partial charge on any atom is -0.508 e. The molecule has 2 aromatic rings. The second-order valence-electron chi connectivity index (χ2n) is 5.32. The number of hydrogen-bond donors (Lipinski definition) is 1. The van der Waals surface area contributed by atoms with E-state index >= 15 is 0 Å². The quantitative estimate of drug-likeness (QED) is 0.680. The molecule has 0 amide bonds. The van der Waals surface area contributed by atoms with E-state index in [0.717, 1.165) is 29.2 Å². The van der Waals surface area contributed by atoms with Gasteiger partial charge >= 0.3 is 0 Å². The Balaban J connectivity index is 0.00000121. The van der Waals surface area contributed by atoms with Crippen molar-refractivity contribution in [3.05, 3.63) is 60.0 Å². The molecule has 3 nitrogen and oxygen atoms in total. The van der Waals surface area contributed by atoms with Crippen molar-refractivity contribution in [1.82, 2.24) is 4.57 Å². The summed E-state index contributed by atoms with van der Waals surface area (Å²) in [5.74, 6) is 0.665. The molecule has 1 heterocycles. The van der Waals surface area contributed by atoms with E-state index in [1.807, 2.05) is 42.6 Å². The molecule has 0 radical (unpaired) electrons. The van der Waals surface area contributed by atoms with Gasteiger partial charge in [-0.1, -0.05) is 24.3 Å². The standard InChI is InChI=1S/C16H13NO2.H3P/c18-10-11-9-17(15-4-2-1-3-14(11)15)16-6-5-13(19)7-12(16)8-16;/h1-7,9-10,12,19H,8H2;1H3. The zero-order valence-electron chi connectivity index (χ0n) is 11.0. The first-order chi connectivity index (χ1) is 9.24. The average Bonchev–Trinajstić information content (AvgIpc) is 3.03. The molecule has 1 aromatic carbocycles. The fourth-order valence-electron chi connectivity index (χ4n) is 3.18. The van der Waals surface area contributed by atoms with Gasteiger partial charge in [0.25, 0.3) is 0 Å². The lowest BCUT2D eigenvalue weighted by atomic mass is 10.1. The summed E-state index contributed by atoms with van der Waals surface area (Å²) in [4.78, 5) is 11.2. The number of aldehydes is 1. The van der Waals surface area contributed by atoms with Crippen LogP contribution in [0.1, 0.15) is 16.8 Å². The summed E-state index contributed by atoms with van der Waals surface area (Å²) in [5.41, 5.74) is 1.71. The summed E-state index contributed by atoms with van der Waals surface area (Å²) in [6.07, 6.45) is 9.51. The molecule has 4 heteroatoms. The summed E-state index contributed by atoms with van der Waals surface area (Å²) in [6, 6.07) is 7.95. The molecule has 0 aliphatic heterocycles. The smallest absolute Gasteiger partial charge is 0.152 e. The number of hydrogen-bond acceptors (Lipinski definition) is 2. The molecule has 4 rings (SSSR count). The first kappa shape index (κ1) is 13.1. The van der Waals surface area contributed by atoms with Gasteiger partial charge < -0.3 is 9.67 Å². The number of rotatable bonds is 2. The number of carbonyl (C=O) groups excluding carboxylic acids is 1. The Hall–Kier alpha value is -1.86. The minimum absolute atomic E-state index is 0. The van der Waals surface area contributed by atoms with Crippen LogP contribution in [0.2, 0.25) is 0 Å². The topological polar surface area (TPSA) is 42.2 Å². The van der Waals surface area contributed by atoms with Crippen molar-refractivity contribution in [3.63, 3.8) is 0 Å². The maximum atomic E-state index is 11.2. The minimum atomic E-state index is -0.0902. The molecular weight excluding hydrogens is 269 g/mol. The van der Waals surface area contributed by atoms with Gasteiger partial charge in [0, 0.05) is 28.6 Å². The van der Waals surface area contributed by atoms with Crippen LogP contribution >= 0.6 is 9.90 Å². The molecule has 0 saturated heterocycles. The Labute approximate surface area is 120 Å². The highest BCUT2D eigenvalue weighted by molar-refractivity contribution is 6.92. The van der Waals surface area contributed by atoms with Gasteiger partial charge in [0.2, 0.25) is 0 Å². The third-order valence-corrected chi connectivity index (χ3v) is 4.26. The van der Waals surface area contributed by atoms with E-state index in [9.17, 15) is 9.90 Å². The molecule has 1 fully saturated rings. The highest BCUT2D eigenvalue weighted by atomic mass is 31.0. The number of benzene rings is 1. The molecule has 2 aliphatic rings. The van der Waals surface area contributed by atoms with Crippen LogP contribution in [-0.2, 0) is 5.54 Å². The summed E-state index contributed by atoms with van der Waals surface area (Å²) in [7, 11) is 0. The molecule has 1 N–H and O–H groups in total. The van der Waals surface area contributed by atoms with Crippen LogP contribution in [0.3, 0.4) is 0 Å². The van der Waals surface area contributed by atoms with Crippen LogP contribution in [0.25, 0.3) is 10.9 Å². The van der Waals surface area contributed by atoms with Gasteiger partial charge in [0.05, 0.1) is 5.54 Å². The van der Waals surface area contributed by atoms with Crippen LogP contribution in [0.5, 0.6) is 0 Å². The Morgan fingerprint density at radius 2 is 2.15 bits per heavy atom. The van der Waals surface area contributed by atoms with Gasteiger partial charge in [-0.3, -0.25) is 4.79 Å². The van der Waals surface area contributed by atoms with Crippen molar-refractivity contribution in [2.24, 2.45) is 5.92 Å². The molecule has 3 unspecified atom stereocenters. The maximum Gasteiger partial charge on any atom is 0.152 e. The molecule has 20 heavy (non-hydrogen) atoms. The lowest BCUT2D eigenvalue weighted by Crippen LogP contribution is -2.17. The highest BCUT2D eigenvalue weighted by Gasteiger charge is 2.54. The van der Waals surface area contributed by atoms with Crippen molar-refractivity contribution < 1.29 is 9.90 Å². The molecule has 1 saturated carbocycles. The van der Waals surface area contributed by atoms with Crippen molar-refractivity contribution in [1.29, 1.82) is 0 Å². The number of carbonyl (C=O) groups is 1. The van der Waals surface area contributed by atoms with Gasteiger partial charge in [0.1, 0.15) is 5.76 Å². The van der Waals surface area contributed by atoms with Crippen molar-refractivity contribution in [3.8, 4) is 0 Å². The summed E-state index contributed by atoms with van der Waals surface area (Å²) < 4.78 is 2.18. The number of para-hydroxylation sites is 1. The van der Waals surface area contributed by atoms with Gasteiger partial charge in [-0.15, -0.1) is 0 Å². The van der Waals surface area contributed by atoms with Crippen LogP contribution in [0, 0.1) is 5.92 Å². The van der Waals surface area contributed by atoms with E-state index in [2.05, 4.69) is 4.57 Å². The van der Waals surface area contributed by atoms with Crippen LogP contribution in [-0.4, -0.2) is 16.0 Å². The predicted molar refractivity (Wildman–Crippen MR) is 84.4 cm³/mol. The molecule has 2 aliphatic carbocycles. The number of aromatic nitrogens is 1. The van der Waals surface area contributed by atoms with E-state index < -0.39 is 0 Å². The fraction of sp³-hybridized carbons (Fsp3) is 0.188. The van der Waals surface area contributed by atoms with Gasteiger partial charge in [0.15, 0.2) is 6.29 Å². The van der Waals surface area contributed by atoms with Crippen LogP contribution in [0.4, 0.5) is 0 Å². The molecule has 0 spiro atoms. The summed E-state index contributed by atoms with van der Waals surface area (Å²) >= 11 is 0. The summed E-state index contributed by atoms with van der Waals surface area (Å²) in [6.45, 7) is 0. The van der Waals surface area contributed by atoms with E-state index in [-0.39, 0.29) is 15.4 Å². The zero-order valence-corrected chi connectivity index (χ0v) is 12.4. The Morgan fingerprint density at radius 1 is 1.35 bits per heavy atom. The Kier molecular flexibility index (Phi) is 2.84. The molecule has 0 bridgehead atoms. The van der Waals surface area contributed by atoms with Crippen molar-refractivity contribution >= 4 is 27.1 Å². The average molecular weight is 285 g/mol. The predicted octanol–water partition coefficient (Wildman–Crippen LogP) is 3.24. The highest BCUT2D eigenvalue weighted by Crippen LogP contribution is 2.56. The number of fused-ring (bicyclic) bond motifs is 2. The molecule has 102 valence electrons. The van der Waals surface area contributed by atoms with Crippen LogP contribution in [0.15, 0.2) is 54.4 Å². The van der Waals surface area contributed by atoms with Gasteiger partial charge in [-0.25, -0.2) is 0 Å². The van der Waals surface area contributed by atoms with E-state index in [1.54, 1.807) is 6.08 Å². The third kappa shape index (κ3) is 1.60. The number of nitrogens with zero attached hydrogens (tertiary/aromatic N) is 1. The lowest BCUT2D eigenvalue weighted by molar-refractivity contribution is 0.112. The van der Waals surface area contributed by atoms with Crippen molar-refractivity contribution in [2.45, 2.75) is 12.0 Å². The SMILES string of the molecule is O=Cc1cn(C23C=CC(O)=CC2C3)c2ccccc12.P. The second kappa shape index (κ2) is 4.32. The Morgan fingerprint density at radius 3 is 2.90 bits per heavy atom. The zero-order chi connectivity index (χ0) is 13.0. The second-order valence-corrected chi connectivity index (χ2v) is 5.32. The van der Waals surface area contributed by atoms with Gasteiger partial charge in [-0.05, 0) is 24.6 Å². The lowest BCUT2D eigenvalue weighted by Gasteiger charge is -2.18. The number of aliphatic hydroxyl groups excluding tert-OH is 1. The molecule has 3 atom stereocenters. The fourth-order valence-corrected chi connectivity index (χ4v) is 3.18. The monoisotopic (exact) mass is 285 g/mol. The van der Waals surface area contributed by atoms with Crippen molar-refractivity contribution in [2.75, 3.05) is 0 Å². The number of aliphatic hydroxyl groups is 1. The maximum absolute atomic E-state index is 11.2. The first-order valence-corrected chi connectivity index (χ1v) is 6.40. The summed E-state index contributed by atoms with van der Waals surface area (Å²) in [5, 5.41) is 10.5. The normalized spacial score (nSPS) is 26.6. The van der Waals surface area contributed by atoms with Gasteiger partial charge in [-0.2, -0.15) is 9.90 Å². The molecular formula is C16H16NO2P.